The highest BCUT2D eigenvalue weighted by atomic mass is 16.5. The second-order valence-corrected chi connectivity index (χ2v) is 4.55. The van der Waals surface area contributed by atoms with Crippen molar-refractivity contribution < 1.29 is 14.3 Å². The lowest BCUT2D eigenvalue weighted by atomic mass is 9.74. The van der Waals surface area contributed by atoms with Crippen molar-refractivity contribution in [3.63, 3.8) is 0 Å². The fourth-order valence-electron chi connectivity index (χ4n) is 2.31. The summed E-state index contributed by atoms with van der Waals surface area (Å²) in [5.74, 6) is 0.646. The van der Waals surface area contributed by atoms with E-state index in [4.69, 9.17) is 14.9 Å². The van der Waals surface area contributed by atoms with Gasteiger partial charge in [0.15, 0.2) is 0 Å². The predicted octanol–water partition coefficient (Wildman–Crippen LogP) is 1.38. The second-order valence-electron chi connectivity index (χ2n) is 4.55. The van der Waals surface area contributed by atoms with Gasteiger partial charge in [0.25, 0.3) is 0 Å². The molecule has 1 aromatic rings. The van der Waals surface area contributed by atoms with E-state index in [1.165, 1.54) is 0 Å². The Morgan fingerprint density at radius 2 is 2.19 bits per heavy atom. The maximum Gasteiger partial charge on any atom is 0.135 e. The van der Waals surface area contributed by atoms with Crippen molar-refractivity contribution in [3.8, 4) is 0 Å². The van der Waals surface area contributed by atoms with Crippen LogP contribution in [-0.4, -0.2) is 24.9 Å². The maximum absolute atomic E-state index is 10.4. The Bertz CT molecular complexity index is 342. The summed E-state index contributed by atoms with van der Waals surface area (Å²) >= 11 is 0. The summed E-state index contributed by atoms with van der Waals surface area (Å²) in [5, 5.41) is 10.4. The van der Waals surface area contributed by atoms with Crippen LogP contribution in [0, 0.1) is 12.3 Å². The van der Waals surface area contributed by atoms with Gasteiger partial charge in [0.2, 0.25) is 0 Å². The fraction of sp³-hybridized carbons (Fsp3) is 0.667. The molecule has 1 aliphatic heterocycles. The molecule has 1 fully saturated rings. The molecular formula is C12H19NO3. The van der Waals surface area contributed by atoms with Crippen LogP contribution in [-0.2, 0) is 4.74 Å². The Morgan fingerprint density at radius 1 is 1.50 bits per heavy atom. The summed E-state index contributed by atoms with van der Waals surface area (Å²) in [4.78, 5) is 0. The molecule has 1 aromatic heterocycles. The largest absolute Gasteiger partial charge is 0.466 e. The van der Waals surface area contributed by atoms with Crippen molar-refractivity contribution in [2.45, 2.75) is 25.9 Å². The molecule has 0 aromatic carbocycles. The number of furan rings is 1. The molecule has 1 aliphatic rings. The molecule has 16 heavy (non-hydrogen) atoms. The van der Waals surface area contributed by atoms with E-state index in [1.54, 1.807) is 6.26 Å². The standard InChI is InChI=1S/C12H19NO3/c1-9-2-5-16-10(9)11(14)12(8-13)3-6-15-7-4-12/h2,5,11,14H,3-4,6-8,13H2,1H3/t11-/m0/s1. The van der Waals surface area contributed by atoms with Crippen LogP contribution in [0.15, 0.2) is 16.7 Å². The van der Waals surface area contributed by atoms with Crippen LogP contribution >= 0.6 is 0 Å². The van der Waals surface area contributed by atoms with Crippen molar-refractivity contribution in [1.82, 2.24) is 0 Å². The van der Waals surface area contributed by atoms with Gasteiger partial charge in [0.1, 0.15) is 11.9 Å². The molecule has 4 nitrogen and oxygen atoms in total. The van der Waals surface area contributed by atoms with Crippen molar-refractivity contribution in [2.75, 3.05) is 19.8 Å². The monoisotopic (exact) mass is 225 g/mol. The molecule has 0 radical (unpaired) electrons. The molecule has 0 aliphatic carbocycles. The van der Waals surface area contributed by atoms with Gasteiger partial charge in [-0.3, -0.25) is 0 Å². The zero-order valence-electron chi connectivity index (χ0n) is 9.61. The average Bonchev–Trinajstić information content (AvgIpc) is 2.75. The van der Waals surface area contributed by atoms with Crippen LogP contribution in [0.25, 0.3) is 0 Å². The van der Waals surface area contributed by atoms with Gasteiger partial charge in [0.05, 0.1) is 6.26 Å². The number of nitrogens with two attached hydrogens (primary N) is 1. The third-order valence-electron chi connectivity index (χ3n) is 3.63. The first-order chi connectivity index (χ1) is 7.69. The highest BCUT2D eigenvalue weighted by Crippen LogP contribution is 2.42. The average molecular weight is 225 g/mol. The van der Waals surface area contributed by atoms with Crippen LogP contribution in [0.1, 0.15) is 30.3 Å². The van der Waals surface area contributed by atoms with Crippen LogP contribution in [0.3, 0.4) is 0 Å². The van der Waals surface area contributed by atoms with Gasteiger partial charge in [0, 0.05) is 25.2 Å². The first-order valence-corrected chi connectivity index (χ1v) is 5.69. The lowest BCUT2D eigenvalue weighted by Crippen LogP contribution is -2.41. The van der Waals surface area contributed by atoms with Gasteiger partial charge >= 0.3 is 0 Å². The summed E-state index contributed by atoms with van der Waals surface area (Å²) in [6, 6.07) is 1.86. The molecule has 2 rings (SSSR count). The zero-order chi connectivity index (χ0) is 11.6. The van der Waals surface area contributed by atoms with E-state index in [2.05, 4.69) is 0 Å². The third-order valence-corrected chi connectivity index (χ3v) is 3.63. The minimum atomic E-state index is -0.628. The molecule has 0 spiro atoms. The number of aryl methyl sites for hydroxylation is 1. The zero-order valence-corrected chi connectivity index (χ0v) is 9.61. The van der Waals surface area contributed by atoms with E-state index in [-0.39, 0.29) is 5.41 Å². The van der Waals surface area contributed by atoms with E-state index in [0.717, 1.165) is 18.4 Å². The maximum atomic E-state index is 10.4. The van der Waals surface area contributed by atoms with Crippen molar-refractivity contribution in [2.24, 2.45) is 11.1 Å². The van der Waals surface area contributed by atoms with Gasteiger partial charge in [-0.2, -0.15) is 0 Å². The minimum absolute atomic E-state index is 0.291. The molecule has 0 bridgehead atoms. The summed E-state index contributed by atoms with van der Waals surface area (Å²) in [6.45, 7) is 3.71. The van der Waals surface area contributed by atoms with Crippen LogP contribution < -0.4 is 5.73 Å². The Morgan fingerprint density at radius 3 is 2.69 bits per heavy atom. The second kappa shape index (κ2) is 4.57. The van der Waals surface area contributed by atoms with Gasteiger partial charge < -0.3 is 20.0 Å². The Kier molecular flexibility index (Phi) is 3.33. The summed E-state index contributed by atoms with van der Waals surface area (Å²) in [6.07, 6.45) is 2.55. The van der Waals surface area contributed by atoms with E-state index >= 15 is 0 Å². The summed E-state index contributed by atoms with van der Waals surface area (Å²) < 4.78 is 10.7. The quantitative estimate of drug-likeness (QED) is 0.815. The molecule has 1 saturated heterocycles. The van der Waals surface area contributed by atoms with Crippen LogP contribution in [0.4, 0.5) is 0 Å². The topological polar surface area (TPSA) is 68.6 Å². The van der Waals surface area contributed by atoms with Gasteiger partial charge in [-0.05, 0) is 31.4 Å². The third kappa shape index (κ3) is 1.88. The number of aliphatic hydroxyl groups excluding tert-OH is 1. The molecule has 4 heteroatoms. The lowest BCUT2D eigenvalue weighted by Gasteiger charge is -2.39. The lowest BCUT2D eigenvalue weighted by molar-refractivity contribution is -0.0661. The van der Waals surface area contributed by atoms with Crippen molar-refractivity contribution in [3.05, 3.63) is 23.7 Å². The number of ether oxygens (including phenoxy) is 1. The highest BCUT2D eigenvalue weighted by molar-refractivity contribution is 5.19. The van der Waals surface area contributed by atoms with Gasteiger partial charge in [-0.15, -0.1) is 0 Å². The minimum Gasteiger partial charge on any atom is -0.466 e. The SMILES string of the molecule is Cc1ccoc1[C@H](O)C1(CN)CCOCC1. The fourth-order valence-corrected chi connectivity index (χ4v) is 2.31. The number of hydrogen-bond donors (Lipinski definition) is 2. The molecule has 2 heterocycles. The number of rotatable bonds is 3. The van der Waals surface area contributed by atoms with E-state index in [1.807, 2.05) is 13.0 Å². The predicted molar refractivity (Wildman–Crippen MR) is 59.9 cm³/mol. The van der Waals surface area contributed by atoms with Crippen LogP contribution in [0.5, 0.6) is 0 Å². The molecule has 0 amide bonds. The summed E-state index contributed by atoms with van der Waals surface area (Å²) in [5.41, 5.74) is 6.53. The van der Waals surface area contributed by atoms with E-state index < -0.39 is 6.10 Å². The molecule has 1 atom stereocenters. The Labute approximate surface area is 95.4 Å². The van der Waals surface area contributed by atoms with Crippen molar-refractivity contribution in [1.29, 1.82) is 0 Å². The Balaban J connectivity index is 2.24. The highest BCUT2D eigenvalue weighted by Gasteiger charge is 2.41. The van der Waals surface area contributed by atoms with E-state index in [0.29, 0.717) is 25.5 Å². The van der Waals surface area contributed by atoms with E-state index in [9.17, 15) is 5.11 Å². The Hall–Kier alpha value is -0.840. The first kappa shape index (κ1) is 11.6. The smallest absolute Gasteiger partial charge is 0.135 e. The van der Waals surface area contributed by atoms with Crippen molar-refractivity contribution >= 4 is 0 Å². The number of hydrogen-bond acceptors (Lipinski definition) is 4. The van der Waals surface area contributed by atoms with Crippen LogP contribution in [0.2, 0.25) is 0 Å². The normalized spacial score (nSPS) is 21.9. The number of aliphatic hydroxyl groups is 1. The molecule has 90 valence electrons. The van der Waals surface area contributed by atoms with Gasteiger partial charge in [-0.1, -0.05) is 0 Å². The molecule has 0 saturated carbocycles. The molecule has 0 unspecified atom stereocenters. The van der Waals surface area contributed by atoms with Gasteiger partial charge in [-0.25, -0.2) is 0 Å². The molecular weight excluding hydrogens is 206 g/mol. The first-order valence-electron chi connectivity index (χ1n) is 5.69. The molecule has 3 N–H and O–H groups in total. The summed E-state index contributed by atoms with van der Waals surface area (Å²) in [7, 11) is 0.